The average Bonchev–Trinajstić information content (AvgIpc) is 3.57. The van der Waals surface area contributed by atoms with Crippen LogP contribution < -0.4 is 21.3 Å². The summed E-state index contributed by atoms with van der Waals surface area (Å²) < 4.78 is 0. The molecule has 0 aromatic heterocycles. The number of amides is 5. The van der Waals surface area contributed by atoms with Gasteiger partial charge in [-0.05, 0) is 48.6 Å². The maximum atomic E-state index is 13.9. The first-order valence-electron chi connectivity index (χ1n) is 15.6. The summed E-state index contributed by atoms with van der Waals surface area (Å²) in [6.07, 6.45) is 0.191. The Balaban J connectivity index is 1.77. The van der Waals surface area contributed by atoms with Crippen LogP contribution in [0.1, 0.15) is 78.2 Å². The van der Waals surface area contributed by atoms with Crippen molar-refractivity contribution in [1.29, 1.82) is 0 Å². The summed E-state index contributed by atoms with van der Waals surface area (Å²) in [5, 5.41) is 20.8. The van der Waals surface area contributed by atoms with E-state index in [4.69, 9.17) is 11.6 Å². The number of carbonyl (C=O) groups excluding carboxylic acids is 5. The topological polar surface area (TPSA) is 186 Å². The Kier molecular flexibility index (Phi) is 10.8. The number of carboxylic acid groups (broad SMARTS) is 1. The van der Waals surface area contributed by atoms with Crippen LogP contribution >= 0.6 is 11.6 Å². The van der Waals surface area contributed by atoms with Crippen molar-refractivity contribution in [2.45, 2.75) is 103 Å². The number of aliphatic imine (C=N–C) groups is 1. The van der Waals surface area contributed by atoms with Crippen LogP contribution in [0, 0.1) is 11.3 Å². The first-order chi connectivity index (χ1) is 21.6. The minimum Gasteiger partial charge on any atom is -0.481 e. The molecule has 0 aliphatic carbocycles. The first kappa shape index (κ1) is 34.9. The predicted molar refractivity (Wildman–Crippen MR) is 170 cm³/mol. The number of aliphatic carboxylic acids is 1. The highest BCUT2D eigenvalue weighted by molar-refractivity contribution is 6.67. The lowest BCUT2D eigenvalue weighted by Crippen LogP contribution is -2.60. The van der Waals surface area contributed by atoms with E-state index in [0.717, 1.165) is 5.56 Å². The van der Waals surface area contributed by atoms with E-state index in [1.54, 1.807) is 39.0 Å². The van der Waals surface area contributed by atoms with Gasteiger partial charge in [0.15, 0.2) is 0 Å². The van der Waals surface area contributed by atoms with Gasteiger partial charge in [0.1, 0.15) is 35.4 Å². The number of fused-ring (bicyclic) bond motifs is 2. The molecule has 3 heterocycles. The van der Waals surface area contributed by atoms with E-state index < -0.39 is 83.5 Å². The fourth-order valence-electron chi connectivity index (χ4n) is 6.19. The molecule has 14 heteroatoms. The number of benzene rings is 1. The van der Waals surface area contributed by atoms with Crippen LogP contribution in [-0.2, 0) is 28.8 Å². The van der Waals surface area contributed by atoms with Gasteiger partial charge in [-0.15, -0.1) is 0 Å². The monoisotopic (exact) mass is 658 g/mol. The van der Waals surface area contributed by atoms with Crippen LogP contribution in [0.5, 0.6) is 0 Å². The molecule has 1 unspecified atom stereocenters. The molecule has 0 spiro atoms. The van der Waals surface area contributed by atoms with Crippen molar-refractivity contribution in [3.05, 3.63) is 29.8 Å². The molecule has 4 rings (SSSR count). The molecule has 5 N–H and O–H groups in total. The molecule has 2 fully saturated rings. The van der Waals surface area contributed by atoms with Gasteiger partial charge in [0.25, 0.3) is 0 Å². The Morgan fingerprint density at radius 3 is 2.24 bits per heavy atom. The van der Waals surface area contributed by atoms with E-state index in [0.29, 0.717) is 18.5 Å². The summed E-state index contributed by atoms with van der Waals surface area (Å²) >= 11 is 6.53. The smallest absolute Gasteiger partial charge is 0.305 e. The van der Waals surface area contributed by atoms with Crippen LogP contribution in [-0.4, -0.2) is 87.4 Å². The SMILES string of the molecule is CC(C)C[C@@H]1NC(=O)[C@@H](C(C)(C)C)NC(=O)[C@@H]2CCCN2C(=O)[C@@H](CC(=O)O)NC(=O)[C@@H](CC2C(Cl)=Nc3ccccc32)NC1=O. The molecule has 1 aromatic rings. The van der Waals surface area contributed by atoms with Crippen molar-refractivity contribution >= 4 is 58.0 Å². The minimum atomic E-state index is -1.52. The van der Waals surface area contributed by atoms with E-state index in [-0.39, 0.29) is 30.5 Å². The maximum Gasteiger partial charge on any atom is 0.305 e. The van der Waals surface area contributed by atoms with Gasteiger partial charge in [-0.2, -0.15) is 0 Å². The Bertz CT molecular complexity index is 1420. The number of hydrogen-bond acceptors (Lipinski definition) is 7. The lowest BCUT2D eigenvalue weighted by molar-refractivity contribution is -0.146. The normalized spacial score (nSPS) is 27.8. The standard InChI is InChI=1S/C32H43ClN6O7/c1-16(2)13-20-27(42)35-21(14-18-17-9-6-7-10-19(17)34-26(18)33)28(43)37-22(15-24(40)41)31(46)39-12-8-11-23(39)29(44)38-25(30(45)36-20)32(3,4)5/h6-7,9-10,16,18,20-23,25H,8,11-15H2,1-5H3,(H,35,42)(H,36,45)(H,37,43)(H,38,44)(H,40,41)/t18?,20-,21+,22+,23-,25-/m0/s1. The summed E-state index contributed by atoms with van der Waals surface area (Å²) in [4.78, 5) is 86.5. The maximum absolute atomic E-state index is 13.9. The van der Waals surface area contributed by atoms with Gasteiger partial charge >= 0.3 is 5.97 Å². The van der Waals surface area contributed by atoms with Crippen LogP contribution in [0.4, 0.5) is 5.69 Å². The van der Waals surface area contributed by atoms with E-state index >= 15 is 0 Å². The van der Waals surface area contributed by atoms with Crippen molar-refractivity contribution in [2.24, 2.45) is 16.3 Å². The van der Waals surface area contributed by atoms with Gasteiger partial charge in [0, 0.05) is 12.5 Å². The van der Waals surface area contributed by atoms with Crippen molar-refractivity contribution in [3.8, 4) is 0 Å². The van der Waals surface area contributed by atoms with Crippen molar-refractivity contribution in [1.82, 2.24) is 26.2 Å². The van der Waals surface area contributed by atoms with Crippen molar-refractivity contribution in [2.75, 3.05) is 6.54 Å². The molecule has 0 bridgehead atoms. The molecular weight excluding hydrogens is 616 g/mol. The zero-order valence-corrected chi connectivity index (χ0v) is 27.5. The zero-order valence-electron chi connectivity index (χ0n) is 26.8. The second kappa shape index (κ2) is 14.2. The molecule has 3 aliphatic heterocycles. The molecular formula is C32H43ClN6O7. The summed E-state index contributed by atoms with van der Waals surface area (Å²) in [7, 11) is 0. The molecule has 46 heavy (non-hydrogen) atoms. The van der Waals surface area contributed by atoms with E-state index in [9.17, 15) is 33.9 Å². The molecule has 0 saturated carbocycles. The fraction of sp³-hybridized carbons (Fsp3) is 0.594. The van der Waals surface area contributed by atoms with E-state index in [1.807, 2.05) is 19.9 Å². The third-order valence-electron chi connectivity index (χ3n) is 8.52. The molecule has 6 atom stereocenters. The fourth-order valence-corrected chi connectivity index (χ4v) is 6.49. The summed E-state index contributed by atoms with van der Waals surface area (Å²) in [5.41, 5.74) is 0.585. The van der Waals surface area contributed by atoms with Crippen molar-refractivity contribution < 1.29 is 33.9 Å². The van der Waals surface area contributed by atoms with E-state index in [2.05, 4.69) is 26.3 Å². The number of halogens is 1. The summed E-state index contributed by atoms with van der Waals surface area (Å²) in [6.45, 7) is 9.24. The Morgan fingerprint density at radius 1 is 0.957 bits per heavy atom. The van der Waals surface area contributed by atoms with Gasteiger partial charge in [-0.1, -0.05) is 64.4 Å². The highest BCUT2D eigenvalue weighted by Gasteiger charge is 2.43. The summed E-state index contributed by atoms with van der Waals surface area (Å²) in [6, 6.07) is 1.25. The molecule has 1 aromatic carbocycles. The molecule has 2 saturated heterocycles. The third-order valence-corrected chi connectivity index (χ3v) is 8.87. The highest BCUT2D eigenvalue weighted by atomic mass is 35.5. The van der Waals surface area contributed by atoms with Crippen LogP contribution in [0.25, 0.3) is 0 Å². The van der Waals surface area contributed by atoms with Crippen LogP contribution in [0.3, 0.4) is 0 Å². The Hall–Kier alpha value is -4.00. The number of carboxylic acids is 1. The number of nitrogens with zero attached hydrogens (tertiary/aromatic N) is 2. The van der Waals surface area contributed by atoms with Gasteiger partial charge in [0.2, 0.25) is 29.5 Å². The van der Waals surface area contributed by atoms with Crippen LogP contribution in [0.2, 0.25) is 0 Å². The van der Waals surface area contributed by atoms with Crippen molar-refractivity contribution in [3.63, 3.8) is 0 Å². The summed E-state index contributed by atoms with van der Waals surface area (Å²) in [5.74, 6) is -5.31. The third kappa shape index (κ3) is 8.04. The largest absolute Gasteiger partial charge is 0.481 e. The van der Waals surface area contributed by atoms with Crippen LogP contribution in [0.15, 0.2) is 29.3 Å². The Labute approximate surface area is 273 Å². The van der Waals surface area contributed by atoms with Gasteiger partial charge < -0.3 is 31.3 Å². The Morgan fingerprint density at radius 2 is 1.59 bits per heavy atom. The average molecular weight is 659 g/mol. The number of carbonyl (C=O) groups is 6. The number of nitrogens with one attached hydrogen (secondary N) is 4. The lowest BCUT2D eigenvalue weighted by atomic mass is 9.85. The molecule has 13 nitrogen and oxygen atoms in total. The first-order valence-corrected chi connectivity index (χ1v) is 16.0. The number of hydrogen-bond donors (Lipinski definition) is 5. The molecule has 3 aliphatic rings. The minimum absolute atomic E-state index is 0.0407. The van der Waals surface area contributed by atoms with Gasteiger partial charge in [-0.3, -0.25) is 28.8 Å². The van der Waals surface area contributed by atoms with Gasteiger partial charge in [0.05, 0.1) is 12.1 Å². The number of para-hydroxylation sites is 1. The van der Waals surface area contributed by atoms with Gasteiger partial charge in [-0.25, -0.2) is 4.99 Å². The van der Waals surface area contributed by atoms with E-state index in [1.165, 1.54) is 4.90 Å². The molecule has 5 amide bonds. The second-order valence-corrected chi connectivity index (χ2v) is 14.1. The quantitative estimate of drug-likeness (QED) is 0.309. The second-order valence-electron chi connectivity index (χ2n) is 13.7. The zero-order chi connectivity index (χ0) is 33.9. The lowest BCUT2D eigenvalue weighted by Gasteiger charge is -2.34. The molecule has 250 valence electrons. The molecule has 0 radical (unpaired) electrons. The predicted octanol–water partition coefficient (Wildman–Crippen LogP) is 1.95. The number of rotatable bonds is 6. The highest BCUT2D eigenvalue weighted by Crippen LogP contribution is 2.39.